The van der Waals surface area contributed by atoms with Gasteiger partial charge in [0.25, 0.3) is 5.69 Å². The van der Waals surface area contributed by atoms with Gasteiger partial charge in [-0.15, -0.1) is 0 Å². The van der Waals surface area contributed by atoms with Gasteiger partial charge in [-0.25, -0.2) is 0 Å². The molecule has 1 aromatic carbocycles. The zero-order chi connectivity index (χ0) is 14.0. The maximum Gasteiger partial charge on any atom is 0.292 e. The summed E-state index contributed by atoms with van der Waals surface area (Å²) in [6, 6.07) is 3.97. The Morgan fingerprint density at radius 2 is 2.21 bits per heavy atom. The second kappa shape index (κ2) is 5.23. The van der Waals surface area contributed by atoms with Crippen LogP contribution in [0.2, 0.25) is 0 Å². The fourth-order valence-corrected chi connectivity index (χ4v) is 1.91. The number of anilines is 1. The lowest BCUT2D eigenvalue weighted by Gasteiger charge is -2.13. The summed E-state index contributed by atoms with van der Waals surface area (Å²) in [4.78, 5) is 21.5. The number of primary amides is 1. The summed E-state index contributed by atoms with van der Waals surface area (Å²) in [5.74, 6) is -0.129. The first kappa shape index (κ1) is 13.3. The third kappa shape index (κ3) is 3.19. The van der Waals surface area contributed by atoms with E-state index in [9.17, 15) is 14.9 Å². The quantitative estimate of drug-likeness (QED) is 0.518. The SMILES string of the molecule is NC(=O)c1ccc([N+](=O)[O-])c(NCC(N)C2CC2)c1. The fourth-order valence-electron chi connectivity index (χ4n) is 1.91. The number of amides is 1. The van der Waals surface area contributed by atoms with Crippen LogP contribution in [0.15, 0.2) is 18.2 Å². The highest BCUT2D eigenvalue weighted by molar-refractivity contribution is 5.94. The largest absolute Gasteiger partial charge is 0.378 e. The number of carbonyl (C=O) groups excluding carboxylic acids is 1. The lowest BCUT2D eigenvalue weighted by molar-refractivity contribution is -0.384. The molecule has 0 spiro atoms. The van der Waals surface area contributed by atoms with Gasteiger partial charge < -0.3 is 16.8 Å². The van der Waals surface area contributed by atoms with Crippen molar-refractivity contribution >= 4 is 17.3 Å². The van der Waals surface area contributed by atoms with Crippen molar-refractivity contribution in [2.24, 2.45) is 17.4 Å². The summed E-state index contributed by atoms with van der Waals surface area (Å²) in [5, 5.41) is 13.8. The predicted octanol–water partition coefficient (Wildman–Crippen LogP) is 0.843. The normalized spacial score (nSPS) is 15.8. The van der Waals surface area contributed by atoms with Gasteiger partial charge in [-0.2, -0.15) is 0 Å². The van der Waals surface area contributed by atoms with Crippen LogP contribution in [-0.4, -0.2) is 23.4 Å². The van der Waals surface area contributed by atoms with Gasteiger partial charge in [-0.05, 0) is 30.9 Å². The molecule has 7 nitrogen and oxygen atoms in total. The highest BCUT2D eigenvalue weighted by atomic mass is 16.6. The van der Waals surface area contributed by atoms with E-state index in [1.807, 2.05) is 0 Å². The molecule has 102 valence electrons. The van der Waals surface area contributed by atoms with Crippen LogP contribution in [0.25, 0.3) is 0 Å². The molecule has 2 rings (SSSR count). The van der Waals surface area contributed by atoms with Crippen LogP contribution in [0.3, 0.4) is 0 Å². The van der Waals surface area contributed by atoms with E-state index in [1.54, 1.807) is 0 Å². The van der Waals surface area contributed by atoms with Gasteiger partial charge in [0.2, 0.25) is 5.91 Å². The molecule has 1 unspecified atom stereocenters. The standard InChI is InChI=1S/C12H16N4O3/c13-9(7-1-2-7)6-15-10-5-8(12(14)17)3-4-11(10)16(18)19/h3-5,7,9,15H,1-2,6,13H2,(H2,14,17). The van der Waals surface area contributed by atoms with Crippen LogP contribution in [0.5, 0.6) is 0 Å². The lowest BCUT2D eigenvalue weighted by atomic mass is 10.1. The maximum absolute atomic E-state index is 11.1. The van der Waals surface area contributed by atoms with E-state index in [-0.39, 0.29) is 23.0 Å². The molecule has 0 aliphatic heterocycles. The second-order valence-electron chi connectivity index (χ2n) is 4.74. The fraction of sp³-hybridized carbons (Fsp3) is 0.417. The van der Waals surface area contributed by atoms with Crippen LogP contribution in [-0.2, 0) is 0 Å². The van der Waals surface area contributed by atoms with Crippen molar-refractivity contribution in [3.05, 3.63) is 33.9 Å². The topological polar surface area (TPSA) is 124 Å². The molecule has 19 heavy (non-hydrogen) atoms. The van der Waals surface area contributed by atoms with Gasteiger partial charge in [-0.1, -0.05) is 0 Å². The minimum absolute atomic E-state index is 0.0307. The number of carbonyl (C=O) groups is 1. The number of hydrogen-bond acceptors (Lipinski definition) is 5. The van der Waals surface area contributed by atoms with E-state index in [0.29, 0.717) is 12.5 Å². The predicted molar refractivity (Wildman–Crippen MR) is 70.8 cm³/mol. The van der Waals surface area contributed by atoms with Crippen molar-refractivity contribution < 1.29 is 9.72 Å². The van der Waals surface area contributed by atoms with E-state index in [1.165, 1.54) is 18.2 Å². The zero-order valence-corrected chi connectivity index (χ0v) is 10.3. The van der Waals surface area contributed by atoms with Gasteiger partial charge in [0.05, 0.1) is 4.92 Å². The van der Waals surface area contributed by atoms with E-state index in [0.717, 1.165) is 12.8 Å². The minimum Gasteiger partial charge on any atom is -0.378 e. The molecule has 0 saturated heterocycles. The molecule has 1 fully saturated rings. The average molecular weight is 264 g/mol. The maximum atomic E-state index is 11.1. The van der Waals surface area contributed by atoms with E-state index in [4.69, 9.17) is 11.5 Å². The summed E-state index contributed by atoms with van der Waals surface area (Å²) in [5.41, 5.74) is 11.5. The van der Waals surface area contributed by atoms with Crippen LogP contribution < -0.4 is 16.8 Å². The van der Waals surface area contributed by atoms with Crippen molar-refractivity contribution in [2.75, 3.05) is 11.9 Å². The molecule has 0 heterocycles. The first-order chi connectivity index (χ1) is 8.99. The Bertz CT molecular complexity index is 514. The summed E-state index contributed by atoms with van der Waals surface area (Å²) < 4.78 is 0. The smallest absolute Gasteiger partial charge is 0.292 e. The van der Waals surface area contributed by atoms with E-state index < -0.39 is 10.8 Å². The number of nitro benzene ring substituents is 1. The highest BCUT2D eigenvalue weighted by Crippen LogP contribution is 2.32. The zero-order valence-electron chi connectivity index (χ0n) is 10.3. The van der Waals surface area contributed by atoms with Crippen molar-refractivity contribution in [1.82, 2.24) is 0 Å². The number of benzene rings is 1. The molecule has 1 aliphatic rings. The van der Waals surface area contributed by atoms with Crippen LogP contribution in [0, 0.1) is 16.0 Å². The van der Waals surface area contributed by atoms with Crippen LogP contribution in [0.4, 0.5) is 11.4 Å². The molecule has 7 heteroatoms. The number of hydrogen-bond donors (Lipinski definition) is 3. The molecule has 0 aromatic heterocycles. The van der Waals surface area contributed by atoms with Crippen molar-refractivity contribution in [1.29, 1.82) is 0 Å². The summed E-state index contributed by atoms with van der Waals surface area (Å²) in [6.07, 6.45) is 2.21. The Balaban J connectivity index is 2.16. The van der Waals surface area contributed by atoms with E-state index >= 15 is 0 Å². The molecule has 1 saturated carbocycles. The number of rotatable bonds is 6. The summed E-state index contributed by atoms with van der Waals surface area (Å²) in [6.45, 7) is 0.438. The summed E-state index contributed by atoms with van der Waals surface area (Å²) >= 11 is 0. The number of nitrogens with one attached hydrogen (secondary N) is 1. The number of nitrogens with zero attached hydrogens (tertiary/aromatic N) is 1. The molecule has 1 aromatic rings. The van der Waals surface area contributed by atoms with Crippen molar-refractivity contribution in [2.45, 2.75) is 18.9 Å². The molecular weight excluding hydrogens is 248 g/mol. The monoisotopic (exact) mass is 264 g/mol. The minimum atomic E-state index is -0.621. The lowest BCUT2D eigenvalue weighted by Crippen LogP contribution is -2.31. The Morgan fingerprint density at radius 1 is 1.53 bits per heavy atom. The van der Waals surface area contributed by atoms with Gasteiger partial charge in [0, 0.05) is 24.2 Å². The second-order valence-corrected chi connectivity index (χ2v) is 4.74. The summed E-state index contributed by atoms with van der Waals surface area (Å²) in [7, 11) is 0. The Hall–Kier alpha value is -2.15. The van der Waals surface area contributed by atoms with Gasteiger partial charge >= 0.3 is 0 Å². The molecule has 0 bridgehead atoms. The first-order valence-corrected chi connectivity index (χ1v) is 6.06. The molecule has 5 N–H and O–H groups in total. The molecule has 1 amide bonds. The van der Waals surface area contributed by atoms with E-state index in [2.05, 4.69) is 5.32 Å². The molecular formula is C12H16N4O3. The number of nitro groups is 1. The van der Waals surface area contributed by atoms with Crippen LogP contribution >= 0.6 is 0 Å². The first-order valence-electron chi connectivity index (χ1n) is 6.06. The Kier molecular flexibility index (Phi) is 3.66. The Morgan fingerprint density at radius 3 is 2.74 bits per heavy atom. The molecule has 1 aliphatic carbocycles. The van der Waals surface area contributed by atoms with Gasteiger partial charge in [0.1, 0.15) is 5.69 Å². The Labute approximate surface area is 110 Å². The highest BCUT2D eigenvalue weighted by Gasteiger charge is 2.28. The average Bonchev–Trinajstić information content (AvgIpc) is 3.19. The van der Waals surface area contributed by atoms with Crippen molar-refractivity contribution in [3.63, 3.8) is 0 Å². The third-order valence-corrected chi connectivity index (χ3v) is 3.23. The third-order valence-electron chi connectivity index (χ3n) is 3.23. The van der Waals surface area contributed by atoms with Gasteiger partial charge in [-0.3, -0.25) is 14.9 Å². The molecule has 0 radical (unpaired) electrons. The van der Waals surface area contributed by atoms with Crippen LogP contribution in [0.1, 0.15) is 23.2 Å². The van der Waals surface area contributed by atoms with Gasteiger partial charge in [0.15, 0.2) is 0 Å². The van der Waals surface area contributed by atoms with Crippen molar-refractivity contribution in [3.8, 4) is 0 Å². The molecule has 1 atom stereocenters. The number of nitrogens with two attached hydrogens (primary N) is 2.